The van der Waals surface area contributed by atoms with Crippen molar-refractivity contribution in [1.29, 1.82) is 0 Å². The molecule has 1 amide bonds. The normalized spacial score (nSPS) is 26.3. The van der Waals surface area contributed by atoms with Gasteiger partial charge in [0.15, 0.2) is 6.54 Å². The van der Waals surface area contributed by atoms with Crippen molar-refractivity contribution >= 4 is 11.6 Å². The minimum absolute atomic E-state index is 0.0821. The Bertz CT molecular complexity index is 457. The van der Waals surface area contributed by atoms with E-state index < -0.39 is 0 Å². The van der Waals surface area contributed by atoms with Crippen molar-refractivity contribution in [3.05, 3.63) is 29.3 Å². The first-order valence-corrected chi connectivity index (χ1v) is 7.30. The number of amides is 1. The lowest BCUT2D eigenvalue weighted by atomic mass is 10.1. The number of nitrogens with one attached hydrogen (secondary N) is 2. The Morgan fingerprint density at radius 2 is 1.80 bits per heavy atom. The number of carbonyl (C=O) groups excluding carboxylic acids is 1. The number of para-hydroxylation sites is 1. The number of rotatable bonds is 3. The summed E-state index contributed by atoms with van der Waals surface area (Å²) in [7, 11) is 0. The van der Waals surface area contributed by atoms with Crippen LogP contribution in [-0.2, 0) is 9.53 Å². The summed E-state index contributed by atoms with van der Waals surface area (Å²) in [6.45, 7) is 10.5. The molecule has 1 aliphatic heterocycles. The molecule has 0 bridgehead atoms. The summed E-state index contributed by atoms with van der Waals surface area (Å²) in [5.41, 5.74) is 3.17. The molecule has 1 aromatic rings. The van der Waals surface area contributed by atoms with Crippen LogP contribution in [0.4, 0.5) is 5.69 Å². The minimum atomic E-state index is 0.0821. The van der Waals surface area contributed by atoms with Gasteiger partial charge in [-0.05, 0) is 38.8 Å². The van der Waals surface area contributed by atoms with E-state index in [9.17, 15) is 4.79 Å². The van der Waals surface area contributed by atoms with Gasteiger partial charge in [0.2, 0.25) is 0 Å². The highest BCUT2D eigenvalue weighted by Crippen LogP contribution is 2.18. The van der Waals surface area contributed by atoms with Crippen LogP contribution in [-0.4, -0.2) is 37.7 Å². The molecular weight excluding hydrogens is 252 g/mol. The number of ether oxygens (including phenoxy) is 1. The van der Waals surface area contributed by atoms with Gasteiger partial charge in [0.1, 0.15) is 25.3 Å². The quantitative estimate of drug-likeness (QED) is 0.863. The van der Waals surface area contributed by atoms with Gasteiger partial charge in [-0.1, -0.05) is 18.2 Å². The topological polar surface area (TPSA) is 42.8 Å². The molecule has 1 fully saturated rings. The molecule has 1 saturated heterocycles. The number of aryl methyl sites for hydroxylation is 2. The summed E-state index contributed by atoms with van der Waals surface area (Å²) in [6, 6.07) is 6.06. The Kier molecular flexibility index (Phi) is 4.78. The second-order valence-corrected chi connectivity index (χ2v) is 5.91. The van der Waals surface area contributed by atoms with E-state index in [1.165, 1.54) is 4.90 Å². The van der Waals surface area contributed by atoms with Crippen LogP contribution in [0.5, 0.6) is 0 Å². The highest BCUT2D eigenvalue weighted by molar-refractivity contribution is 5.93. The molecule has 2 N–H and O–H groups in total. The number of quaternary nitrogens is 1. The summed E-state index contributed by atoms with van der Waals surface area (Å²) in [5.74, 6) is 0.0821. The maximum atomic E-state index is 12.2. The Morgan fingerprint density at radius 3 is 2.35 bits per heavy atom. The number of carbonyl (C=O) groups is 1. The number of morpholine rings is 1. The van der Waals surface area contributed by atoms with Crippen molar-refractivity contribution < 1.29 is 14.4 Å². The van der Waals surface area contributed by atoms with Crippen molar-refractivity contribution in [3.63, 3.8) is 0 Å². The monoisotopic (exact) mass is 277 g/mol. The van der Waals surface area contributed by atoms with Gasteiger partial charge < -0.3 is 15.0 Å². The molecule has 0 saturated carbocycles. The molecule has 3 atom stereocenters. The van der Waals surface area contributed by atoms with E-state index >= 15 is 0 Å². The lowest BCUT2D eigenvalue weighted by molar-refractivity contribution is -0.907. The molecule has 4 heteroatoms. The first-order chi connectivity index (χ1) is 9.45. The Balaban J connectivity index is 1.95. The van der Waals surface area contributed by atoms with Gasteiger partial charge in [0.05, 0.1) is 0 Å². The van der Waals surface area contributed by atoms with Gasteiger partial charge in [0, 0.05) is 5.69 Å². The second kappa shape index (κ2) is 6.37. The number of hydrogen-bond donors (Lipinski definition) is 2. The third kappa shape index (κ3) is 3.81. The number of benzene rings is 1. The molecule has 0 radical (unpaired) electrons. The third-order valence-electron chi connectivity index (χ3n) is 3.77. The molecule has 110 valence electrons. The molecule has 0 spiro atoms. The molecule has 1 heterocycles. The summed E-state index contributed by atoms with van der Waals surface area (Å²) in [4.78, 5) is 13.5. The molecule has 4 nitrogen and oxygen atoms in total. The highest BCUT2D eigenvalue weighted by atomic mass is 16.5. The largest absolute Gasteiger partial charge is 0.364 e. The average molecular weight is 277 g/mol. The fraction of sp³-hybridized carbons (Fsp3) is 0.562. The highest BCUT2D eigenvalue weighted by Gasteiger charge is 2.27. The zero-order chi connectivity index (χ0) is 14.7. The van der Waals surface area contributed by atoms with E-state index in [0.29, 0.717) is 6.54 Å². The van der Waals surface area contributed by atoms with Crippen molar-refractivity contribution in [1.82, 2.24) is 0 Å². The molecule has 1 unspecified atom stereocenters. The molecule has 1 aromatic carbocycles. The third-order valence-corrected chi connectivity index (χ3v) is 3.77. The Labute approximate surface area is 121 Å². The van der Waals surface area contributed by atoms with Crippen molar-refractivity contribution in [2.75, 3.05) is 25.0 Å². The first-order valence-electron chi connectivity index (χ1n) is 7.30. The van der Waals surface area contributed by atoms with Gasteiger partial charge in [-0.25, -0.2) is 0 Å². The van der Waals surface area contributed by atoms with Gasteiger partial charge in [-0.2, -0.15) is 0 Å². The molecule has 20 heavy (non-hydrogen) atoms. The summed E-state index contributed by atoms with van der Waals surface area (Å²) in [5, 5.41) is 3.05. The average Bonchev–Trinajstić information content (AvgIpc) is 2.32. The second-order valence-electron chi connectivity index (χ2n) is 5.91. The van der Waals surface area contributed by atoms with Crippen molar-refractivity contribution in [3.8, 4) is 0 Å². The molecule has 1 aliphatic rings. The summed E-state index contributed by atoms with van der Waals surface area (Å²) >= 11 is 0. The predicted molar refractivity (Wildman–Crippen MR) is 80.1 cm³/mol. The van der Waals surface area contributed by atoms with Crippen LogP contribution in [0.15, 0.2) is 18.2 Å². The van der Waals surface area contributed by atoms with Crippen LogP contribution in [0.25, 0.3) is 0 Å². The summed E-state index contributed by atoms with van der Waals surface area (Å²) < 4.78 is 5.70. The number of anilines is 1. The van der Waals surface area contributed by atoms with Crippen LogP contribution < -0.4 is 10.2 Å². The maximum Gasteiger partial charge on any atom is 0.279 e. The molecule has 2 rings (SSSR count). The van der Waals surface area contributed by atoms with Crippen LogP contribution >= 0.6 is 0 Å². The van der Waals surface area contributed by atoms with Crippen molar-refractivity contribution in [2.45, 2.75) is 39.9 Å². The summed E-state index contributed by atoms with van der Waals surface area (Å²) in [6.07, 6.45) is 0.448. The van der Waals surface area contributed by atoms with Crippen LogP contribution in [0.2, 0.25) is 0 Å². The lowest BCUT2D eigenvalue weighted by Crippen LogP contribution is -3.16. The van der Waals surface area contributed by atoms with Gasteiger partial charge >= 0.3 is 0 Å². The zero-order valence-electron chi connectivity index (χ0n) is 12.8. The first kappa shape index (κ1) is 15.0. The standard InChI is InChI=1S/C16H24N2O2/c1-11-6-5-7-12(2)16(11)17-15(19)10-18-8-13(3)20-14(4)9-18/h5-7,13-14H,8-10H2,1-4H3,(H,17,19)/p+1/t13-,14+. The van der Waals surface area contributed by atoms with Crippen molar-refractivity contribution in [2.24, 2.45) is 0 Å². The molecular formula is C16H25N2O2+. The molecule has 0 aliphatic carbocycles. The minimum Gasteiger partial charge on any atom is -0.364 e. The van der Waals surface area contributed by atoms with E-state index in [2.05, 4.69) is 19.2 Å². The Hall–Kier alpha value is -1.39. The smallest absolute Gasteiger partial charge is 0.279 e. The Morgan fingerprint density at radius 1 is 1.25 bits per heavy atom. The van der Waals surface area contributed by atoms with Gasteiger partial charge in [-0.3, -0.25) is 4.79 Å². The van der Waals surface area contributed by atoms with E-state index in [1.54, 1.807) is 0 Å². The van der Waals surface area contributed by atoms with E-state index in [-0.39, 0.29) is 18.1 Å². The van der Waals surface area contributed by atoms with E-state index in [4.69, 9.17) is 4.74 Å². The SMILES string of the molecule is Cc1cccc(C)c1NC(=O)C[NH+]1C[C@@H](C)O[C@@H](C)C1. The fourth-order valence-corrected chi connectivity index (χ4v) is 2.96. The van der Waals surface area contributed by atoms with Gasteiger partial charge in [-0.15, -0.1) is 0 Å². The van der Waals surface area contributed by atoms with E-state index in [0.717, 1.165) is 29.9 Å². The van der Waals surface area contributed by atoms with Crippen LogP contribution in [0.1, 0.15) is 25.0 Å². The zero-order valence-corrected chi connectivity index (χ0v) is 12.8. The fourth-order valence-electron chi connectivity index (χ4n) is 2.96. The lowest BCUT2D eigenvalue weighted by Gasteiger charge is -2.32. The van der Waals surface area contributed by atoms with E-state index in [1.807, 2.05) is 32.0 Å². The number of hydrogen-bond acceptors (Lipinski definition) is 2. The van der Waals surface area contributed by atoms with Gasteiger partial charge in [0.25, 0.3) is 5.91 Å². The molecule has 0 aromatic heterocycles. The van der Waals surface area contributed by atoms with Crippen LogP contribution in [0.3, 0.4) is 0 Å². The van der Waals surface area contributed by atoms with Crippen LogP contribution in [0, 0.1) is 13.8 Å². The predicted octanol–water partition coefficient (Wildman–Crippen LogP) is 0.934. The maximum absolute atomic E-state index is 12.2.